The van der Waals surface area contributed by atoms with E-state index in [4.69, 9.17) is 9.15 Å². The number of aromatic nitrogens is 1. The quantitative estimate of drug-likeness (QED) is 0.311. The molecule has 0 bridgehead atoms. The number of rotatable bonds is 11. The van der Waals surface area contributed by atoms with Gasteiger partial charge in [0.15, 0.2) is 0 Å². The molecule has 0 aliphatic carbocycles. The molecule has 0 aliphatic rings. The van der Waals surface area contributed by atoms with E-state index in [0.717, 1.165) is 27.3 Å². The number of hydrogen-bond donors (Lipinski definition) is 2. The number of thioether (sulfide) groups is 1. The molecule has 0 saturated carbocycles. The molecule has 0 atom stereocenters. The molecule has 2 aromatic heterocycles. The Balaban J connectivity index is 1.32. The lowest BCUT2D eigenvalue weighted by molar-refractivity contribution is -0.118. The molecule has 176 valence electrons. The minimum atomic E-state index is -0.123. The second-order valence-corrected chi connectivity index (χ2v) is 8.58. The van der Waals surface area contributed by atoms with Gasteiger partial charge >= 0.3 is 0 Å². The van der Waals surface area contributed by atoms with Crippen LogP contribution >= 0.6 is 11.8 Å². The van der Waals surface area contributed by atoms with Crippen LogP contribution in [0.25, 0.3) is 10.9 Å². The lowest BCUT2D eigenvalue weighted by Gasteiger charge is -2.08. The van der Waals surface area contributed by atoms with Crippen molar-refractivity contribution in [2.75, 3.05) is 18.9 Å². The summed E-state index contributed by atoms with van der Waals surface area (Å²) in [5, 5.41) is 6.93. The van der Waals surface area contributed by atoms with Gasteiger partial charge in [0.05, 0.1) is 25.2 Å². The Labute approximate surface area is 202 Å². The van der Waals surface area contributed by atoms with E-state index in [9.17, 15) is 9.59 Å². The molecule has 0 spiro atoms. The molecule has 4 rings (SSSR count). The Morgan fingerprint density at radius 1 is 1.03 bits per heavy atom. The molecule has 2 heterocycles. The van der Waals surface area contributed by atoms with Gasteiger partial charge in [-0.25, -0.2) is 0 Å². The summed E-state index contributed by atoms with van der Waals surface area (Å²) < 4.78 is 12.8. The van der Waals surface area contributed by atoms with Gasteiger partial charge in [0.25, 0.3) is 5.91 Å². The number of carbonyl (C=O) groups is 2. The highest BCUT2D eigenvalue weighted by Crippen LogP contribution is 2.29. The Morgan fingerprint density at radius 2 is 1.85 bits per heavy atom. The number of hydrogen-bond acceptors (Lipinski definition) is 5. The molecular formula is C26H27N3O4S. The van der Waals surface area contributed by atoms with Crippen LogP contribution in [-0.4, -0.2) is 35.3 Å². The molecule has 0 fully saturated rings. The normalized spacial score (nSPS) is 10.9. The third-order valence-corrected chi connectivity index (χ3v) is 6.26. The number of benzene rings is 2. The molecule has 0 unspecified atom stereocenters. The number of fused-ring (bicyclic) bond motifs is 1. The summed E-state index contributed by atoms with van der Waals surface area (Å²) in [6, 6.07) is 18.8. The van der Waals surface area contributed by atoms with Gasteiger partial charge in [0.1, 0.15) is 11.5 Å². The molecule has 2 amide bonds. The maximum atomic E-state index is 12.5. The summed E-state index contributed by atoms with van der Waals surface area (Å²) >= 11 is 1.50. The number of carbonyl (C=O) groups excluding carboxylic acids is 2. The fraction of sp³-hybridized carbons (Fsp3) is 0.231. The van der Waals surface area contributed by atoms with Gasteiger partial charge < -0.3 is 24.4 Å². The molecule has 2 aromatic carbocycles. The van der Waals surface area contributed by atoms with Crippen molar-refractivity contribution < 1.29 is 18.7 Å². The highest BCUT2D eigenvalue weighted by Gasteiger charge is 2.12. The van der Waals surface area contributed by atoms with Gasteiger partial charge in [-0.05, 0) is 49.4 Å². The first-order chi connectivity index (χ1) is 16.6. The van der Waals surface area contributed by atoms with Gasteiger partial charge in [0, 0.05) is 40.6 Å². The fourth-order valence-electron chi connectivity index (χ4n) is 3.57. The summed E-state index contributed by atoms with van der Waals surface area (Å²) in [6.07, 6.45) is 3.63. The van der Waals surface area contributed by atoms with Gasteiger partial charge in [-0.1, -0.05) is 18.2 Å². The highest BCUT2D eigenvalue weighted by atomic mass is 32.2. The lowest BCUT2D eigenvalue weighted by atomic mass is 10.2. The highest BCUT2D eigenvalue weighted by molar-refractivity contribution is 8.00. The third kappa shape index (κ3) is 6.02. The van der Waals surface area contributed by atoms with Gasteiger partial charge in [-0.2, -0.15) is 0 Å². The Hall–Kier alpha value is -3.65. The average molecular weight is 478 g/mol. The lowest BCUT2D eigenvalue weighted by Crippen LogP contribution is -2.27. The minimum absolute atomic E-state index is 0.0548. The maximum Gasteiger partial charge on any atom is 0.251 e. The van der Waals surface area contributed by atoms with E-state index < -0.39 is 0 Å². The van der Waals surface area contributed by atoms with E-state index in [0.29, 0.717) is 37.6 Å². The van der Waals surface area contributed by atoms with Crippen LogP contribution in [0.1, 0.15) is 23.0 Å². The summed E-state index contributed by atoms with van der Waals surface area (Å²) in [5.41, 5.74) is 1.66. The number of amides is 2. The zero-order valence-electron chi connectivity index (χ0n) is 19.0. The van der Waals surface area contributed by atoms with Gasteiger partial charge in [-0.15, -0.1) is 11.8 Å². The standard InChI is InChI=1S/C26H27N3O4S/c1-2-32-20-11-9-19(10-12-20)26(31)27-13-14-29-17-24(22-7-3-4-8-23(22)29)34-18-25(30)28-16-21-6-5-15-33-21/h3-12,15,17H,2,13-14,16,18H2,1H3,(H,27,31)(H,28,30). The van der Waals surface area contributed by atoms with E-state index in [1.54, 1.807) is 36.6 Å². The molecule has 2 N–H and O–H groups in total. The van der Waals surface area contributed by atoms with Crippen molar-refractivity contribution in [3.63, 3.8) is 0 Å². The topological polar surface area (TPSA) is 85.5 Å². The van der Waals surface area contributed by atoms with Crippen LogP contribution < -0.4 is 15.4 Å². The van der Waals surface area contributed by atoms with E-state index in [1.807, 2.05) is 43.5 Å². The summed E-state index contributed by atoms with van der Waals surface area (Å²) in [4.78, 5) is 25.8. The van der Waals surface area contributed by atoms with Crippen molar-refractivity contribution in [1.29, 1.82) is 0 Å². The van der Waals surface area contributed by atoms with Crippen LogP contribution in [0, 0.1) is 0 Å². The van der Waals surface area contributed by atoms with Gasteiger partial charge in [0.2, 0.25) is 5.91 Å². The number of ether oxygens (including phenoxy) is 1. The average Bonchev–Trinajstić information content (AvgIpc) is 3.50. The number of furan rings is 1. The molecule has 8 heteroatoms. The van der Waals surface area contributed by atoms with Crippen molar-refractivity contribution in [2.24, 2.45) is 0 Å². The van der Waals surface area contributed by atoms with E-state index in [1.165, 1.54) is 11.8 Å². The van der Waals surface area contributed by atoms with Crippen molar-refractivity contribution in [1.82, 2.24) is 15.2 Å². The first kappa shape index (κ1) is 23.5. The first-order valence-electron chi connectivity index (χ1n) is 11.1. The second kappa shape index (κ2) is 11.5. The van der Waals surface area contributed by atoms with Crippen LogP contribution in [0.2, 0.25) is 0 Å². The SMILES string of the molecule is CCOc1ccc(C(=O)NCCn2cc(SCC(=O)NCc3ccco3)c3ccccc32)cc1. The Bertz CT molecular complexity index is 1230. The summed E-state index contributed by atoms with van der Waals surface area (Å²) in [7, 11) is 0. The predicted molar refractivity (Wildman–Crippen MR) is 133 cm³/mol. The number of nitrogens with zero attached hydrogens (tertiary/aromatic N) is 1. The van der Waals surface area contributed by atoms with Crippen LogP contribution in [0.5, 0.6) is 5.75 Å². The number of para-hydroxylation sites is 1. The smallest absolute Gasteiger partial charge is 0.251 e. The zero-order valence-corrected chi connectivity index (χ0v) is 19.8. The molecule has 7 nitrogen and oxygen atoms in total. The molecule has 4 aromatic rings. The summed E-state index contributed by atoms with van der Waals surface area (Å²) in [6.45, 7) is 3.99. The van der Waals surface area contributed by atoms with E-state index in [2.05, 4.69) is 15.2 Å². The second-order valence-electron chi connectivity index (χ2n) is 7.56. The van der Waals surface area contributed by atoms with Gasteiger partial charge in [-0.3, -0.25) is 9.59 Å². The largest absolute Gasteiger partial charge is 0.494 e. The molecule has 0 radical (unpaired) electrons. The van der Waals surface area contributed by atoms with E-state index in [-0.39, 0.29) is 11.8 Å². The van der Waals surface area contributed by atoms with Crippen LogP contribution in [0.4, 0.5) is 0 Å². The Kier molecular flexibility index (Phi) is 7.93. The Morgan fingerprint density at radius 3 is 2.62 bits per heavy atom. The van der Waals surface area contributed by atoms with E-state index >= 15 is 0 Å². The van der Waals surface area contributed by atoms with Crippen molar-refractivity contribution in [2.45, 2.75) is 24.9 Å². The summed E-state index contributed by atoms with van der Waals surface area (Å²) in [5.74, 6) is 1.60. The minimum Gasteiger partial charge on any atom is -0.494 e. The molecule has 0 saturated heterocycles. The monoisotopic (exact) mass is 477 g/mol. The number of nitrogens with one attached hydrogen (secondary N) is 2. The maximum absolute atomic E-state index is 12.5. The molecular weight excluding hydrogens is 450 g/mol. The van der Waals surface area contributed by atoms with Crippen LogP contribution in [0.3, 0.4) is 0 Å². The van der Waals surface area contributed by atoms with Crippen LogP contribution in [0.15, 0.2) is 82.4 Å². The van der Waals surface area contributed by atoms with Crippen molar-refractivity contribution >= 4 is 34.5 Å². The third-order valence-electron chi connectivity index (χ3n) is 5.22. The van der Waals surface area contributed by atoms with Crippen molar-refractivity contribution in [3.8, 4) is 5.75 Å². The zero-order chi connectivity index (χ0) is 23.8. The van der Waals surface area contributed by atoms with Crippen LogP contribution in [-0.2, 0) is 17.9 Å². The van der Waals surface area contributed by atoms with Crippen molar-refractivity contribution in [3.05, 3.63) is 84.4 Å². The first-order valence-corrected chi connectivity index (χ1v) is 12.1. The molecule has 0 aliphatic heterocycles. The fourth-order valence-corrected chi connectivity index (χ4v) is 4.49. The predicted octanol–water partition coefficient (Wildman–Crippen LogP) is 4.47. The molecule has 34 heavy (non-hydrogen) atoms.